The van der Waals surface area contributed by atoms with Crippen molar-refractivity contribution in [3.8, 4) is 0 Å². The number of hydrogen-bond acceptors (Lipinski definition) is 7. The van der Waals surface area contributed by atoms with E-state index in [-0.39, 0.29) is 12.1 Å². The normalized spacial score (nSPS) is 22.5. The number of carbonyl (C=O) groups is 1. The van der Waals surface area contributed by atoms with Crippen LogP contribution in [0.15, 0.2) is 48.7 Å². The number of nitrogens with zero attached hydrogens (tertiary/aromatic N) is 5. The third kappa shape index (κ3) is 6.02. The molecule has 224 valence electrons. The molecule has 1 spiro atoms. The fraction of sp³-hybridized carbons (Fsp3) is 0.500. The lowest BCUT2D eigenvalue weighted by Gasteiger charge is -2.44. The number of rotatable bonds is 7. The van der Waals surface area contributed by atoms with E-state index in [9.17, 15) is 23.1 Å². The van der Waals surface area contributed by atoms with Crippen LogP contribution in [0.25, 0.3) is 11.2 Å². The maximum atomic E-state index is 12.5. The molecular formula is C30H36F3N7O2. The molecule has 2 saturated heterocycles. The number of aromatic nitrogens is 3. The number of amides is 1. The molecule has 5 heterocycles. The van der Waals surface area contributed by atoms with Crippen molar-refractivity contribution in [1.82, 2.24) is 29.7 Å². The zero-order chi connectivity index (χ0) is 29.3. The van der Waals surface area contributed by atoms with Crippen molar-refractivity contribution in [2.45, 2.75) is 62.9 Å². The molecule has 0 saturated carbocycles. The lowest BCUT2D eigenvalue weighted by Crippen LogP contribution is -2.55. The monoisotopic (exact) mass is 583 g/mol. The second-order valence-electron chi connectivity index (χ2n) is 11.5. The van der Waals surface area contributed by atoms with Crippen molar-refractivity contribution in [1.29, 1.82) is 0 Å². The van der Waals surface area contributed by atoms with Gasteiger partial charge in [0.2, 0.25) is 11.9 Å². The summed E-state index contributed by atoms with van der Waals surface area (Å²) in [6.45, 7) is 3.46. The first-order valence-corrected chi connectivity index (χ1v) is 14.6. The Balaban J connectivity index is 1.12. The number of aliphatic hydroxyl groups is 1. The number of halogens is 3. The SMILES string of the molecule is O=C(CCC(F)(F)F)N1CC=C(c2cccn3nc(Nc4ccc(C(O)N5CCCC56CCCNC6)cc4)nc23)CC1. The van der Waals surface area contributed by atoms with Crippen molar-refractivity contribution < 1.29 is 23.1 Å². The summed E-state index contributed by atoms with van der Waals surface area (Å²) in [6, 6.07) is 11.5. The highest BCUT2D eigenvalue weighted by molar-refractivity contribution is 5.81. The van der Waals surface area contributed by atoms with E-state index in [0.29, 0.717) is 24.6 Å². The number of alkyl halides is 3. The van der Waals surface area contributed by atoms with Crippen LogP contribution in [0.5, 0.6) is 0 Å². The molecule has 2 atom stereocenters. The summed E-state index contributed by atoms with van der Waals surface area (Å²) in [5, 5.41) is 22.6. The number of fused-ring (bicyclic) bond motifs is 1. The van der Waals surface area contributed by atoms with Gasteiger partial charge in [-0.25, -0.2) is 4.52 Å². The summed E-state index contributed by atoms with van der Waals surface area (Å²) >= 11 is 0. The zero-order valence-corrected chi connectivity index (χ0v) is 23.4. The van der Waals surface area contributed by atoms with E-state index in [1.807, 2.05) is 42.5 Å². The van der Waals surface area contributed by atoms with Gasteiger partial charge in [0, 0.05) is 55.6 Å². The van der Waals surface area contributed by atoms with Crippen molar-refractivity contribution in [2.24, 2.45) is 0 Å². The van der Waals surface area contributed by atoms with E-state index in [1.165, 1.54) is 4.90 Å². The number of aliphatic hydroxyl groups excluding tert-OH is 1. The number of hydrogen-bond donors (Lipinski definition) is 3. The van der Waals surface area contributed by atoms with E-state index in [0.717, 1.165) is 67.7 Å². The summed E-state index contributed by atoms with van der Waals surface area (Å²) in [5.74, 6) is -0.0674. The highest BCUT2D eigenvalue weighted by Gasteiger charge is 2.44. The summed E-state index contributed by atoms with van der Waals surface area (Å²) in [5.41, 5.74) is 4.18. The van der Waals surface area contributed by atoms with Crippen molar-refractivity contribution in [3.05, 3.63) is 59.8 Å². The van der Waals surface area contributed by atoms with Gasteiger partial charge in [0.25, 0.3) is 0 Å². The van der Waals surface area contributed by atoms with Gasteiger partial charge >= 0.3 is 6.18 Å². The first-order valence-electron chi connectivity index (χ1n) is 14.6. The Morgan fingerprint density at radius 1 is 1.14 bits per heavy atom. The fourth-order valence-electron chi connectivity index (χ4n) is 6.56. The predicted molar refractivity (Wildman–Crippen MR) is 153 cm³/mol. The van der Waals surface area contributed by atoms with Gasteiger partial charge in [0.15, 0.2) is 5.65 Å². The first-order chi connectivity index (χ1) is 20.2. The number of likely N-dealkylation sites (tertiary alicyclic amines) is 1. The minimum Gasteiger partial charge on any atom is -0.374 e. The number of anilines is 2. The molecule has 0 aliphatic carbocycles. The van der Waals surface area contributed by atoms with Crippen molar-refractivity contribution in [3.63, 3.8) is 0 Å². The average molecular weight is 584 g/mol. The van der Waals surface area contributed by atoms with E-state index >= 15 is 0 Å². The second-order valence-corrected chi connectivity index (χ2v) is 11.5. The van der Waals surface area contributed by atoms with Gasteiger partial charge in [0.05, 0.1) is 6.42 Å². The summed E-state index contributed by atoms with van der Waals surface area (Å²) < 4.78 is 39.2. The Labute approximate surface area is 242 Å². The Bertz CT molecular complexity index is 1450. The number of nitrogens with one attached hydrogen (secondary N) is 2. The first kappa shape index (κ1) is 28.6. The minimum atomic E-state index is -4.34. The largest absolute Gasteiger partial charge is 0.389 e. The molecule has 6 rings (SSSR count). The number of pyridine rings is 1. The minimum absolute atomic E-state index is 0.0292. The quantitative estimate of drug-likeness (QED) is 0.373. The van der Waals surface area contributed by atoms with Crippen LogP contribution in [0.1, 0.15) is 62.3 Å². The molecule has 0 radical (unpaired) electrons. The van der Waals surface area contributed by atoms with Gasteiger partial charge in [-0.05, 0) is 74.1 Å². The van der Waals surface area contributed by atoms with Crippen LogP contribution in [-0.2, 0) is 4.79 Å². The Morgan fingerprint density at radius 3 is 2.67 bits per heavy atom. The van der Waals surface area contributed by atoms with Crippen molar-refractivity contribution >= 4 is 28.8 Å². The zero-order valence-electron chi connectivity index (χ0n) is 23.4. The molecule has 2 unspecified atom stereocenters. The highest BCUT2D eigenvalue weighted by atomic mass is 19.4. The third-order valence-electron chi connectivity index (χ3n) is 8.75. The number of benzene rings is 1. The molecule has 3 aliphatic rings. The van der Waals surface area contributed by atoms with E-state index in [2.05, 4.69) is 20.6 Å². The second kappa shape index (κ2) is 11.7. The molecule has 2 aromatic heterocycles. The molecule has 3 N–H and O–H groups in total. The maximum Gasteiger partial charge on any atom is 0.389 e. The van der Waals surface area contributed by atoms with Gasteiger partial charge < -0.3 is 20.6 Å². The fourth-order valence-corrected chi connectivity index (χ4v) is 6.56. The maximum absolute atomic E-state index is 12.5. The average Bonchev–Trinajstić information content (AvgIpc) is 3.59. The molecule has 2 fully saturated rings. The van der Waals surface area contributed by atoms with Crippen LogP contribution in [0, 0.1) is 0 Å². The summed E-state index contributed by atoms with van der Waals surface area (Å²) in [4.78, 5) is 20.6. The van der Waals surface area contributed by atoms with Crippen LogP contribution < -0.4 is 10.6 Å². The lowest BCUT2D eigenvalue weighted by molar-refractivity contribution is -0.148. The van der Waals surface area contributed by atoms with Crippen LogP contribution in [0.2, 0.25) is 0 Å². The van der Waals surface area contributed by atoms with Crippen LogP contribution in [0.3, 0.4) is 0 Å². The Hall–Kier alpha value is -3.48. The Morgan fingerprint density at radius 2 is 1.95 bits per heavy atom. The molecule has 3 aromatic rings. The van der Waals surface area contributed by atoms with Crippen molar-refractivity contribution in [2.75, 3.05) is 38.0 Å². The van der Waals surface area contributed by atoms with Gasteiger partial charge in [-0.3, -0.25) is 9.69 Å². The molecule has 12 heteroatoms. The lowest BCUT2D eigenvalue weighted by atomic mass is 9.87. The molecule has 1 amide bonds. The van der Waals surface area contributed by atoms with Crippen LogP contribution in [-0.4, -0.2) is 79.9 Å². The summed E-state index contributed by atoms with van der Waals surface area (Å²) in [6.07, 6.45) is 2.00. The predicted octanol–water partition coefficient (Wildman–Crippen LogP) is 4.64. The standard InChI is InChI=1S/C30H36F3N7O2/c31-30(32,33)14-9-25(41)38-18-10-21(11-19-38)24-4-1-17-40-26(24)36-28(37-40)35-23-7-5-22(6-8-23)27(42)39-16-3-13-29(39)12-2-15-34-20-29/h1,4-8,10,17,27,34,42H,2-3,9,11-16,18-20H2,(H,35,37). The van der Waals surface area contributed by atoms with E-state index in [1.54, 1.807) is 10.7 Å². The van der Waals surface area contributed by atoms with E-state index in [4.69, 9.17) is 4.98 Å². The van der Waals surface area contributed by atoms with Gasteiger partial charge in [-0.2, -0.15) is 18.2 Å². The molecular weight excluding hydrogens is 547 g/mol. The highest BCUT2D eigenvalue weighted by Crippen LogP contribution is 2.40. The number of piperidine rings is 1. The van der Waals surface area contributed by atoms with Crippen LogP contribution >= 0.6 is 0 Å². The molecule has 42 heavy (non-hydrogen) atoms. The number of carbonyl (C=O) groups excluding carboxylic acids is 1. The molecule has 1 aromatic carbocycles. The molecule has 3 aliphatic heterocycles. The smallest absolute Gasteiger partial charge is 0.374 e. The topological polar surface area (TPSA) is 98.0 Å². The van der Waals surface area contributed by atoms with Crippen LogP contribution in [0.4, 0.5) is 24.8 Å². The molecule has 0 bridgehead atoms. The summed E-state index contributed by atoms with van der Waals surface area (Å²) in [7, 11) is 0. The van der Waals surface area contributed by atoms with E-state index < -0.39 is 31.2 Å². The van der Waals surface area contributed by atoms with Gasteiger partial charge in [-0.1, -0.05) is 18.2 Å². The third-order valence-corrected chi connectivity index (χ3v) is 8.75. The van der Waals surface area contributed by atoms with Gasteiger partial charge in [0.1, 0.15) is 6.23 Å². The van der Waals surface area contributed by atoms with Gasteiger partial charge in [-0.15, -0.1) is 5.10 Å². The molecule has 9 nitrogen and oxygen atoms in total. The Kier molecular flexibility index (Phi) is 7.95.